The van der Waals surface area contributed by atoms with Gasteiger partial charge in [0.25, 0.3) is 0 Å². The van der Waals surface area contributed by atoms with Crippen molar-refractivity contribution in [3.8, 4) is 0 Å². The maximum Gasteiger partial charge on any atom is 0.185 e. The monoisotopic (exact) mass is 324 g/mol. The van der Waals surface area contributed by atoms with Gasteiger partial charge in [0.1, 0.15) is 12.2 Å². The van der Waals surface area contributed by atoms with Crippen molar-refractivity contribution in [2.75, 3.05) is 6.61 Å². The lowest BCUT2D eigenvalue weighted by molar-refractivity contribution is -0.0739. The van der Waals surface area contributed by atoms with E-state index in [-0.39, 0.29) is 6.61 Å². The topological polar surface area (TPSA) is 38.7 Å². The molecule has 0 amide bonds. The standard InChI is InChI=1S/C16H14Cl2O3/c17-11-7-4-8-12(18)14(11)15-13(9-19)20-16(21-15)10-5-2-1-3-6-10/h1-8,13,15-16,19H,9H2/t13-,15+,16+/m0/s1. The van der Waals surface area contributed by atoms with Crippen LogP contribution in [-0.4, -0.2) is 17.8 Å². The largest absolute Gasteiger partial charge is 0.394 e. The molecule has 1 aliphatic heterocycles. The highest BCUT2D eigenvalue weighted by atomic mass is 35.5. The zero-order chi connectivity index (χ0) is 14.8. The maximum absolute atomic E-state index is 9.55. The Morgan fingerprint density at radius 3 is 2.19 bits per heavy atom. The number of rotatable bonds is 3. The Labute approximate surface area is 133 Å². The van der Waals surface area contributed by atoms with Gasteiger partial charge >= 0.3 is 0 Å². The van der Waals surface area contributed by atoms with Gasteiger partial charge in [-0.3, -0.25) is 0 Å². The minimum Gasteiger partial charge on any atom is -0.394 e. The van der Waals surface area contributed by atoms with Gasteiger partial charge in [0, 0.05) is 21.2 Å². The molecule has 2 aromatic rings. The highest BCUT2D eigenvalue weighted by molar-refractivity contribution is 6.36. The van der Waals surface area contributed by atoms with E-state index in [1.165, 1.54) is 0 Å². The number of hydrogen-bond donors (Lipinski definition) is 1. The van der Waals surface area contributed by atoms with Gasteiger partial charge in [0.05, 0.1) is 6.61 Å². The summed E-state index contributed by atoms with van der Waals surface area (Å²) in [6.45, 7) is -0.171. The molecule has 0 saturated carbocycles. The number of aliphatic hydroxyl groups is 1. The highest BCUT2D eigenvalue weighted by Crippen LogP contribution is 2.44. The van der Waals surface area contributed by atoms with Crippen molar-refractivity contribution >= 4 is 23.2 Å². The molecule has 3 nitrogen and oxygen atoms in total. The van der Waals surface area contributed by atoms with Crippen LogP contribution in [0.15, 0.2) is 48.5 Å². The fraction of sp³-hybridized carbons (Fsp3) is 0.250. The summed E-state index contributed by atoms with van der Waals surface area (Å²) in [6, 6.07) is 14.8. The van der Waals surface area contributed by atoms with Gasteiger partial charge in [-0.05, 0) is 12.1 Å². The number of aliphatic hydroxyl groups excluding tert-OH is 1. The van der Waals surface area contributed by atoms with Crippen molar-refractivity contribution in [2.45, 2.75) is 18.5 Å². The molecule has 1 aliphatic rings. The SMILES string of the molecule is OC[C@@H]1O[C@@H](c2ccccc2)O[C@H]1c1c(Cl)cccc1Cl. The van der Waals surface area contributed by atoms with Crippen molar-refractivity contribution in [1.29, 1.82) is 0 Å². The molecule has 1 N–H and O–H groups in total. The third kappa shape index (κ3) is 2.93. The molecule has 0 spiro atoms. The number of hydrogen-bond acceptors (Lipinski definition) is 3. The molecule has 0 bridgehead atoms. The summed E-state index contributed by atoms with van der Waals surface area (Å²) in [5.74, 6) is 0. The second-order valence-electron chi connectivity index (χ2n) is 4.79. The Kier molecular flexibility index (Phi) is 4.48. The van der Waals surface area contributed by atoms with Gasteiger partial charge in [-0.25, -0.2) is 0 Å². The number of halogens is 2. The van der Waals surface area contributed by atoms with Crippen molar-refractivity contribution in [1.82, 2.24) is 0 Å². The van der Waals surface area contributed by atoms with E-state index in [9.17, 15) is 5.11 Å². The fourth-order valence-electron chi connectivity index (χ4n) is 2.43. The van der Waals surface area contributed by atoms with E-state index in [4.69, 9.17) is 32.7 Å². The van der Waals surface area contributed by atoms with Gasteiger partial charge in [0.15, 0.2) is 6.29 Å². The lowest BCUT2D eigenvalue weighted by Gasteiger charge is -2.17. The number of ether oxygens (including phenoxy) is 2. The Balaban J connectivity index is 1.92. The lowest BCUT2D eigenvalue weighted by Crippen LogP contribution is -2.20. The molecule has 0 unspecified atom stereocenters. The summed E-state index contributed by atoms with van der Waals surface area (Å²) < 4.78 is 11.7. The Hall–Kier alpha value is -1.10. The molecule has 1 saturated heterocycles. The average Bonchev–Trinajstić information content (AvgIpc) is 2.92. The van der Waals surface area contributed by atoms with Crippen molar-refractivity contribution in [3.63, 3.8) is 0 Å². The molecule has 3 atom stereocenters. The van der Waals surface area contributed by atoms with Crippen molar-refractivity contribution in [3.05, 3.63) is 69.7 Å². The second kappa shape index (κ2) is 6.34. The lowest BCUT2D eigenvalue weighted by atomic mass is 10.0. The number of benzene rings is 2. The second-order valence-corrected chi connectivity index (χ2v) is 5.61. The van der Waals surface area contributed by atoms with E-state index in [0.29, 0.717) is 15.6 Å². The molecule has 21 heavy (non-hydrogen) atoms. The van der Waals surface area contributed by atoms with Crippen LogP contribution in [0.5, 0.6) is 0 Å². The third-order valence-corrected chi connectivity index (χ3v) is 4.10. The van der Waals surface area contributed by atoms with E-state index < -0.39 is 18.5 Å². The first-order chi connectivity index (χ1) is 10.2. The zero-order valence-corrected chi connectivity index (χ0v) is 12.6. The zero-order valence-electron chi connectivity index (χ0n) is 11.1. The van der Waals surface area contributed by atoms with Gasteiger partial charge in [-0.15, -0.1) is 0 Å². The summed E-state index contributed by atoms with van der Waals surface area (Å²) >= 11 is 12.4. The van der Waals surface area contributed by atoms with Crippen LogP contribution < -0.4 is 0 Å². The van der Waals surface area contributed by atoms with Crippen LogP contribution in [0.4, 0.5) is 0 Å². The summed E-state index contributed by atoms with van der Waals surface area (Å²) in [5, 5.41) is 10.6. The van der Waals surface area contributed by atoms with Crippen molar-refractivity contribution < 1.29 is 14.6 Å². The van der Waals surface area contributed by atoms with Gasteiger partial charge < -0.3 is 14.6 Å². The Morgan fingerprint density at radius 1 is 0.905 bits per heavy atom. The van der Waals surface area contributed by atoms with E-state index in [0.717, 1.165) is 5.56 Å². The Morgan fingerprint density at radius 2 is 1.57 bits per heavy atom. The van der Waals surface area contributed by atoms with E-state index in [1.54, 1.807) is 18.2 Å². The molecule has 1 fully saturated rings. The van der Waals surface area contributed by atoms with Crippen LogP contribution >= 0.6 is 23.2 Å². The molecule has 0 radical (unpaired) electrons. The molecule has 110 valence electrons. The first kappa shape index (κ1) is 14.8. The summed E-state index contributed by atoms with van der Waals surface area (Å²) in [6.07, 6.45) is -1.55. The van der Waals surface area contributed by atoms with Crippen LogP contribution in [0.25, 0.3) is 0 Å². The quantitative estimate of drug-likeness (QED) is 0.922. The first-order valence-electron chi connectivity index (χ1n) is 6.61. The minimum atomic E-state index is -0.541. The van der Waals surface area contributed by atoms with Crippen LogP contribution in [0.1, 0.15) is 23.5 Å². The molecule has 3 rings (SSSR count). The predicted octanol–water partition coefficient (Wildman–Crippen LogP) is 4.14. The molecule has 1 heterocycles. The van der Waals surface area contributed by atoms with Crippen LogP contribution in [0, 0.1) is 0 Å². The van der Waals surface area contributed by atoms with Gasteiger partial charge in [-0.2, -0.15) is 0 Å². The van der Waals surface area contributed by atoms with E-state index >= 15 is 0 Å². The molecule has 2 aromatic carbocycles. The van der Waals surface area contributed by atoms with Crippen molar-refractivity contribution in [2.24, 2.45) is 0 Å². The summed E-state index contributed by atoms with van der Waals surface area (Å²) in [5.41, 5.74) is 1.54. The van der Waals surface area contributed by atoms with Gasteiger partial charge in [0.2, 0.25) is 0 Å². The maximum atomic E-state index is 9.55. The summed E-state index contributed by atoms with van der Waals surface area (Å²) in [4.78, 5) is 0. The van der Waals surface area contributed by atoms with Crippen LogP contribution in [0.3, 0.4) is 0 Å². The summed E-state index contributed by atoms with van der Waals surface area (Å²) in [7, 11) is 0. The highest BCUT2D eigenvalue weighted by Gasteiger charge is 2.39. The van der Waals surface area contributed by atoms with Crippen LogP contribution in [-0.2, 0) is 9.47 Å². The average molecular weight is 325 g/mol. The first-order valence-corrected chi connectivity index (χ1v) is 7.37. The third-order valence-electron chi connectivity index (χ3n) is 3.44. The minimum absolute atomic E-state index is 0.171. The normalized spacial score (nSPS) is 25.2. The molecule has 0 aromatic heterocycles. The van der Waals surface area contributed by atoms with Crippen LogP contribution in [0.2, 0.25) is 10.0 Å². The molecule has 0 aliphatic carbocycles. The van der Waals surface area contributed by atoms with Gasteiger partial charge in [-0.1, -0.05) is 59.6 Å². The van der Waals surface area contributed by atoms with E-state index in [1.807, 2.05) is 30.3 Å². The Bertz CT molecular complexity index is 598. The molecular weight excluding hydrogens is 311 g/mol. The smallest absolute Gasteiger partial charge is 0.185 e. The predicted molar refractivity (Wildman–Crippen MR) is 81.4 cm³/mol. The molecular formula is C16H14Cl2O3. The van der Waals surface area contributed by atoms with E-state index in [2.05, 4.69) is 0 Å². The molecule has 5 heteroatoms. The fourth-order valence-corrected chi connectivity index (χ4v) is 3.04.